The summed E-state index contributed by atoms with van der Waals surface area (Å²) in [5.41, 5.74) is 5.19. The molecular formula is C30H49N9O15S. The second-order valence-electron chi connectivity index (χ2n) is 12.3. The molecule has 0 aromatic carbocycles. The van der Waals surface area contributed by atoms with E-state index < -0.39 is 147 Å². The van der Waals surface area contributed by atoms with Gasteiger partial charge in [0.1, 0.15) is 42.3 Å². The van der Waals surface area contributed by atoms with Crippen molar-refractivity contribution in [3.63, 3.8) is 0 Å². The quantitative estimate of drug-likeness (QED) is 0.0381. The highest BCUT2D eigenvalue weighted by molar-refractivity contribution is 7.80. The summed E-state index contributed by atoms with van der Waals surface area (Å²) in [6.07, 6.45) is -0.698. The maximum absolute atomic E-state index is 13.2. The summed E-state index contributed by atoms with van der Waals surface area (Å²) in [5, 5.41) is 65.6. The molecule has 8 amide bonds. The SMILES string of the molecule is C[C@H](NC(=O)[C@H](CCC(=O)O)NC(=O)[C@H](CO)NC(=O)[C@H](CO)NC(=O)[C@H](CO)NC(=O)[C@H](CCC(N)=O)NC(=O)[C@H](CS)NC(=O)[C@@H]1CCCN1)C(=O)O. The molecule has 1 saturated heterocycles. The molecular weight excluding hydrogens is 758 g/mol. The van der Waals surface area contributed by atoms with Crippen LogP contribution in [-0.4, -0.2) is 165 Å². The highest BCUT2D eigenvalue weighted by Crippen LogP contribution is 2.07. The van der Waals surface area contributed by atoms with E-state index in [4.69, 9.17) is 15.9 Å². The number of aliphatic carboxylic acids is 2. The van der Waals surface area contributed by atoms with Crippen LogP contribution in [0, 0.1) is 0 Å². The van der Waals surface area contributed by atoms with Crippen molar-refractivity contribution in [2.24, 2.45) is 5.73 Å². The fourth-order valence-corrected chi connectivity index (χ4v) is 5.04. The number of thiol groups is 1. The second kappa shape index (κ2) is 24.3. The Bertz CT molecular complexity index is 1420. The predicted octanol–water partition coefficient (Wildman–Crippen LogP) is -7.73. The summed E-state index contributed by atoms with van der Waals surface area (Å²) >= 11 is 4.08. The van der Waals surface area contributed by atoms with Crippen LogP contribution in [0.2, 0.25) is 0 Å². The predicted molar refractivity (Wildman–Crippen MR) is 188 cm³/mol. The molecule has 8 atom stereocenters. The van der Waals surface area contributed by atoms with Crippen LogP contribution in [0.4, 0.5) is 0 Å². The lowest BCUT2D eigenvalue weighted by molar-refractivity contribution is -0.142. The minimum atomic E-state index is -1.89. The van der Waals surface area contributed by atoms with Crippen molar-refractivity contribution in [2.45, 2.75) is 93.8 Å². The highest BCUT2D eigenvalue weighted by Gasteiger charge is 2.34. The molecule has 15 N–H and O–H groups in total. The number of carbonyl (C=O) groups is 10. The zero-order valence-electron chi connectivity index (χ0n) is 29.7. The maximum Gasteiger partial charge on any atom is 0.325 e. The molecule has 55 heavy (non-hydrogen) atoms. The molecule has 1 heterocycles. The monoisotopic (exact) mass is 807 g/mol. The molecule has 0 saturated carbocycles. The third-order valence-corrected chi connectivity index (χ3v) is 8.33. The van der Waals surface area contributed by atoms with Crippen LogP contribution in [0.1, 0.15) is 45.4 Å². The molecule has 0 unspecified atom stereocenters. The Labute approximate surface area is 319 Å². The molecule has 0 spiro atoms. The normalized spacial score (nSPS) is 17.4. The van der Waals surface area contributed by atoms with E-state index in [1.54, 1.807) is 0 Å². The van der Waals surface area contributed by atoms with E-state index in [0.717, 1.165) is 13.3 Å². The van der Waals surface area contributed by atoms with Gasteiger partial charge < -0.3 is 73.8 Å². The van der Waals surface area contributed by atoms with Crippen molar-refractivity contribution in [1.82, 2.24) is 42.5 Å². The number of carbonyl (C=O) groups excluding carboxylic acids is 8. The first-order chi connectivity index (χ1) is 25.9. The standard InChI is InChI=1S/C30H49N9O15S/c1-13(30(53)54)33-24(47)16(5-7-22(44)45)34-26(49)17(9-40)37-28(51)19(11-42)38-27(50)18(10-41)36-25(48)15(4-6-21(31)43)35-29(52)20(12-55)39-23(46)14-3-2-8-32-14/h13-20,32,40-42,55H,2-12H2,1H3,(H2,31,43)(H,33,47)(H,34,49)(H,35,52)(H,36,48)(H,37,51)(H,38,50)(H,39,46)(H,44,45)(H,53,54)/t13-,14-,15-,16-,17-,18-,19-,20-/m0/s1. The number of carboxylic acids is 2. The Morgan fingerprint density at radius 2 is 1.04 bits per heavy atom. The topological polar surface area (TPSA) is 394 Å². The Balaban J connectivity index is 3.00. The minimum absolute atomic E-state index is 0.188. The zero-order valence-corrected chi connectivity index (χ0v) is 30.6. The van der Waals surface area contributed by atoms with Crippen LogP contribution >= 0.6 is 12.6 Å². The van der Waals surface area contributed by atoms with Gasteiger partial charge in [0.05, 0.1) is 25.9 Å². The van der Waals surface area contributed by atoms with Gasteiger partial charge in [-0.25, -0.2) is 0 Å². The molecule has 1 aliphatic rings. The van der Waals surface area contributed by atoms with Crippen LogP contribution in [0.5, 0.6) is 0 Å². The molecule has 1 aliphatic heterocycles. The molecule has 1 rings (SSSR count). The van der Waals surface area contributed by atoms with Crippen LogP contribution in [0.25, 0.3) is 0 Å². The van der Waals surface area contributed by atoms with Crippen molar-refractivity contribution in [1.29, 1.82) is 0 Å². The van der Waals surface area contributed by atoms with E-state index in [9.17, 15) is 63.3 Å². The summed E-state index contributed by atoms with van der Waals surface area (Å²) in [6, 6.07) is -12.0. The second-order valence-corrected chi connectivity index (χ2v) is 12.6. The number of aliphatic hydroxyl groups excluding tert-OH is 3. The van der Waals surface area contributed by atoms with Crippen LogP contribution in [0.15, 0.2) is 0 Å². The van der Waals surface area contributed by atoms with E-state index in [1.165, 1.54) is 0 Å². The number of hydrogen-bond donors (Lipinski definition) is 15. The van der Waals surface area contributed by atoms with Gasteiger partial charge in [-0.3, -0.25) is 47.9 Å². The number of primary amides is 1. The van der Waals surface area contributed by atoms with Gasteiger partial charge >= 0.3 is 11.9 Å². The lowest BCUT2D eigenvalue weighted by atomic mass is 10.1. The van der Waals surface area contributed by atoms with Crippen molar-refractivity contribution in [3.8, 4) is 0 Å². The average molecular weight is 808 g/mol. The van der Waals surface area contributed by atoms with E-state index in [2.05, 4.69) is 39.2 Å². The minimum Gasteiger partial charge on any atom is -0.481 e. The molecule has 310 valence electrons. The van der Waals surface area contributed by atoms with E-state index in [1.807, 2.05) is 16.0 Å². The summed E-state index contributed by atoms with van der Waals surface area (Å²) in [4.78, 5) is 124. The fraction of sp³-hybridized carbons (Fsp3) is 0.667. The molecule has 0 aromatic rings. The maximum atomic E-state index is 13.2. The van der Waals surface area contributed by atoms with Gasteiger partial charge in [-0.15, -0.1) is 0 Å². The number of nitrogens with two attached hydrogens (primary N) is 1. The Morgan fingerprint density at radius 1 is 0.636 bits per heavy atom. The molecule has 1 fully saturated rings. The van der Waals surface area contributed by atoms with Crippen molar-refractivity contribution >= 4 is 71.8 Å². The van der Waals surface area contributed by atoms with Crippen molar-refractivity contribution < 1.29 is 73.5 Å². The van der Waals surface area contributed by atoms with Gasteiger partial charge in [-0.05, 0) is 39.2 Å². The molecule has 0 radical (unpaired) electrons. The third kappa shape index (κ3) is 16.8. The Kier molecular flexibility index (Phi) is 21.2. The molecule has 25 heteroatoms. The van der Waals surface area contributed by atoms with Gasteiger partial charge in [-0.1, -0.05) is 0 Å². The van der Waals surface area contributed by atoms with E-state index >= 15 is 0 Å². The lowest BCUT2D eigenvalue weighted by Gasteiger charge is -2.26. The van der Waals surface area contributed by atoms with Crippen LogP contribution in [0.3, 0.4) is 0 Å². The first-order valence-corrected chi connectivity index (χ1v) is 17.5. The van der Waals surface area contributed by atoms with Crippen LogP contribution in [-0.2, 0) is 47.9 Å². The Morgan fingerprint density at radius 3 is 1.40 bits per heavy atom. The van der Waals surface area contributed by atoms with E-state index in [0.29, 0.717) is 13.0 Å². The van der Waals surface area contributed by atoms with Gasteiger partial charge in [0, 0.05) is 18.6 Å². The summed E-state index contributed by atoms with van der Waals surface area (Å²) in [7, 11) is 0. The zero-order chi connectivity index (χ0) is 41.8. The number of hydrogen-bond acceptors (Lipinski definition) is 15. The van der Waals surface area contributed by atoms with Gasteiger partial charge in [0.25, 0.3) is 0 Å². The first kappa shape index (κ1) is 47.9. The largest absolute Gasteiger partial charge is 0.481 e. The smallest absolute Gasteiger partial charge is 0.325 e. The van der Waals surface area contributed by atoms with Crippen molar-refractivity contribution in [3.05, 3.63) is 0 Å². The van der Waals surface area contributed by atoms with Crippen molar-refractivity contribution in [2.75, 3.05) is 32.1 Å². The number of carboxylic acid groups (broad SMARTS) is 2. The van der Waals surface area contributed by atoms with Gasteiger partial charge in [0.15, 0.2) is 0 Å². The van der Waals surface area contributed by atoms with Crippen LogP contribution < -0.4 is 48.3 Å². The molecule has 0 aromatic heterocycles. The lowest BCUT2D eigenvalue weighted by Crippen LogP contribution is -2.61. The molecule has 0 aliphatic carbocycles. The highest BCUT2D eigenvalue weighted by atomic mass is 32.1. The number of nitrogens with one attached hydrogen (secondary N) is 8. The van der Waals surface area contributed by atoms with Gasteiger partial charge in [-0.2, -0.15) is 12.6 Å². The third-order valence-electron chi connectivity index (χ3n) is 7.96. The summed E-state index contributed by atoms with van der Waals surface area (Å²) in [6.45, 7) is -1.65. The summed E-state index contributed by atoms with van der Waals surface area (Å²) < 4.78 is 0. The average Bonchev–Trinajstić information content (AvgIpc) is 3.68. The first-order valence-electron chi connectivity index (χ1n) is 16.9. The number of aliphatic hydroxyl groups is 3. The van der Waals surface area contributed by atoms with Gasteiger partial charge in [0.2, 0.25) is 47.3 Å². The van der Waals surface area contributed by atoms with E-state index in [-0.39, 0.29) is 12.2 Å². The number of amides is 8. The fourth-order valence-electron chi connectivity index (χ4n) is 4.79. The molecule has 24 nitrogen and oxygen atoms in total. The Hall–Kier alpha value is -5.11. The number of rotatable bonds is 25. The summed E-state index contributed by atoms with van der Waals surface area (Å²) in [5.74, 6) is -11.2. The molecule has 0 bridgehead atoms.